The van der Waals surface area contributed by atoms with E-state index in [0.29, 0.717) is 16.6 Å². The van der Waals surface area contributed by atoms with E-state index in [4.69, 9.17) is 0 Å². The molecule has 1 aliphatic rings. The number of thiophene rings is 1. The van der Waals surface area contributed by atoms with E-state index >= 15 is 0 Å². The number of nitrogens with zero attached hydrogens (tertiary/aromatic N) is 1. The van der Waals surface area contributed by atoms with Crippen molar-refractivity contribution in [2.75, 3.05) is 20.2 Å². The number of rotatable bonds is 3. The average molecular weight is 384 g/mol. The van der Waals surface area contributed by atoms with Gasteiger partial charge in [0.2, 0.25) is 10.0 Å². The van der Waals surface area contributed by atoms with Gasteiger partial charge in [-0.1, -0.05) is 0 Å². The molecule has 9 heteroatoms. The van der Waals surface area contributed by atoms with Gasteiger partial charge in [0, 0.05) is 13.1 Å². The number of hydrogen-bond donors (Lipinski definition) is 1. The summed E-state index contributed by atoms with van der Waals surface area (Å²) in [6.45, 7) is 0.554. The van der Waals surface area contributed by atoms with Crippen molar-refractivity contribution in [3.05, 3.63) is 14.7 Å². The average Bonchev–Trinajstić information content (AvgIpc) is 2.81. The third kappa shape index (κ3) is 3.06. The predicted octanol–water partition coefficient (Wildman–Crippen LogP) is 1.44. The molecule has 0 atom stereocenters. The molecule has 1 aromatic heterocycles. The Kier molecular flexibility index (Phi) is 4.85. The van der Waals surface area contributed by atoms with E-state index in [2.05, 4.69) is 20.7 Å². The lowest BCUT2D eigenvalue weighted by Gasteiger charge is -2.28. The van der Waals surface area contributed by atoms with Crippen molar-refractivity contribution in [2.24, 2.45) is 0 Å². The summed E-state index contributed by atoms with van der Waals surface area (Å²) in [6.07, 6.45) is 0.397. The first kappa shape index (κ1) is 15.9. The van der Waals surface area contributed by atoms with Crippen LogP contribution in [-0.2, 0) is 14.8 Å². The fourth-order valence-electron chi connectivity index (χ4n) is 1.95. The highest BCUT2D eigenvalue weighted by Crippen LogP contribution is 2.34. The molecule has 2 heterocycles. The molecule has 1 N–H and O–H groups in total. The third-order valence-corrected chi connectivity index (χ3v) is 7.21. The van der Waals surface area contributed by atoms with Gasteiger partial charge < -0.3 is 9.84 Å². The van der Waals surface area contributed by atoms with Crippen LogP contribution in [0.1, 0.15) is 22.5 Å². The standard InChI is InChI=1S/C11H14BrNO5S2/c1-18-11(15)8-6-9(10(12)19-8)20(16,17)13-4-2-7(14)3-5-13/h6-7,14H,2-5H2,1H3. The van der Waals surface area contributed by atoms with E-state index < -0.39 is 22.1 Å². The summed E-state index contributed by atoms with van der Waals surface area (Å²) in [4.78, 5) is 11.8. The van der Waals surface area contributed by atoms with Gasteiger partial charge in [0.1, 0.15) is 9.77 Å². The number of aliphatic hydroxyl groups is 1. The Bertz CT molecular complexity index is 604. The number of hydrogen-bond acceptors (Lipinski definition) is 6. The largest absolute Gasteiger partial charge is 0.465 e. The Morgan fingerprint density at radius 1 is 1.50 bits per heavy atom. The highest BCUT2D eigenvalue weighted by atomic mass is 79.9. The molecule has 1 aliphatic heterocycles. The molecule has 1 saturated heterocycles. The van der Waals surface area contributed by atoms with E-state index in [9.17, 15) is 18.3 Å². The summed E-state index contributed by atoms with van der Waals surface area (Å²) in [5.74, 6) is -0.564. The smallest absolute Gasteiger partial charge is 0.348 e. The number of sulfonamides is 1. The summed E-state index contributed by atoms with van der Waals surface area (Å²) in [7, 11) is -2.41. The van der Waals surface area contributed by atoms with Crippen LogP contribution in [0, 0.1) is 0 Å². The van der Waals surface area contributed by atoms with Crippen molar-refractivity contribution < 1.29 is 23.1 Å². The molecule has 2 rings (SSSR count). The fourth-order valence-corrected chi connectivity index (χ4v) is 5.85. The molecule has 0 spiro atoms. The van der Waals surface area contributed by atoms with Gasteiger partial charge in [0.25, 0.3) is 0 Å². The number of carbonyl (C=O) groups excluding carboxylic acids is 1. The summed E-state index contributed by atoms with van der Waals surface area (Å²) in [5.41, 5.74) is 0. The Labute approximate surface area is 129 Å². The second-order valence-electron chi connectivity index (χ2n) is 4.38. The lowest BCUT2D eigenvalue weighted by Crippen LogP contribution is -2.39. The molecule has 0 saturated carbocycles. The molecule has 0 amide bonds. The number of halogens is 1. The quantitative estimate of drug-likeness (QED) is 0.798. The highest BCUT2D eigenvalue weighted by molar-refractivity contribution is 9.11. The topological polar surface area (TPSA) is 83.9 Å². The van der Waals surface area contributed by atoms with Crippen molar-refractivity contribution >= 4 is 43.3 Å². The van der Waals surface area contributed by atoms with Gasteiger partial charge in [-0.15, -0.1) is 11.3 Å². The Morgan fingerprint density at radius 2 is 2.10 bits per heavy atom. The van der Waals surface area contributed by atoms with Gasteiger partial charge in [-0.3, -0.25) is 0 Å². The van der Waals surface area contributed by atoms with Gasteiger partial charge in [-0.2, -0.15) is 4.31 Å². The van der Waals surface area contributed by atoms with Gasteiger partial charge >= 0.3 is 5.97 Å². The number of esters is 1. The second-order valence-corrected chi connectivity index (χ2v) is 8.65. The Balaban J connectivity index is 2.30. The van der Waals surface area contributed by atoms with Crippen LogP contribution in [0.3, 0.4) is 0 Å². The number of methoxy groups -OCH3 is 1. The molecule has 0 radical (unpaired) electrons. The van der Waals surface area contributed by atoms with Crippen molar-refractivity contribution in [2.45, 2.75) is 23.8 Å². The van der Waals surface area contributed by atoms with Crippen LogP contribution < -0.4 is 0 Å². The molecular weight excluding hydrogens is 370 g/mol. The van der Waals surface area contributed by atoms with Crippen molar-refractivity contribution in [3.63, 3.8) is 0 Å². The fraction of sp³-hybridized carbons (Fsp3) is 0.545. The normalized spacial score (nSPS) is 18.1. The maximum absolute atomic E-state index is 12.5. The van der Waals surface area contributed by atoms with E-state index in [1.165, 1.54) is 17.5 Å². The molecule has 112 valence electrons. The minimum Gasteiger partial charge on any atom is -0.465 e. The van der Waals surface area contributed by atoms with E-state index in [0.717, 1.165) is 11.3 Å². The van der Waals surface area contributed by atoms with Gasteiger partial charge in [-0.25, -0.2) is 13.2 Å². The van der Waals surface area contributed by atoms with Crippen molar-refractivity contribution in [3.8, 4) is 0 Å². The molecule has 6 nitrogen and oxygen atoms in total. The molecule has 0 aliphatic carbocycles. The van der Waals surface area contributed by atoms with Crippen LogP contribution in [0.15, 0.2) is 14.7 Å². The Morgan fingerprint density at radius 3 is 2.65 bits per heavy atom. The van der Waals surface area contributed by atoms with Gasteiger partial charge in [-0.05, 0) is 34.8 Å². The van der Waals surface area contributed by atoms with Crippen LogP contribution in [0.2, 0.25) is 0 Å². The first-order chi connectivity index (χ1) is 9.36. The zero-order valence-electron chi connectivity index (χ0n) is 10.7. The molecule has 0 unspecified atom stereocenters. The SMILES string of the molecule is COC(=O)c1cc(S(=O)(=O)N2CCC(O)CC2)c(Br)s1. The molecule has 1 fully saturated rings. The predicted molar refractivity (Wildman–Crippen MR) is 77.4 cm³/mol. The minimum absolute atomic E-state index is 0.0688. The minimum atomic E-state index is -3.66. The first-order valence-corrected chi connectivity index (χ1v) is 8.97. The van der Waals surface area contributed by atoms with Crippen LogP contribution in [0.4, 0.5) is 0 Å². The lowest BCUT2D eigenvalue weighted by atomic mass is 10.1. The number of carbonyl (C=O) groups is 1. The van der Waals surface area contributed by atoms with Crippen LogP contribution in [0.25, 0.3) is 0 Å². The Hall–Kier alpha value is -0.480. The summed E-state index contributed by atoms with van der Waals surface area (Å²) >= 11 is 4.21. The molecule has 20 heavy (non-hydrogen) atoms. The van der Waals surface area contributed by atoms with Crippen LogP contribution >= 0.6 is 27.3 Å². The molecule has 1 aromatic rings. The number of piperidine rings is 1. The maximum atomic E-state index is 12.5. The number of aliphatic hydroxyl groups excluding tert-OH is 1. The van der Waals surface area contributed by atoms with Crippen LogP contribution in [-0.4, -0.2) is 50.1 Å². The van der Waals surface area contributed by atoms with Gasteiger partial charge in [0.15, 0.2) is 0 Å². The zero-order valence-corrected chi connectivity index (χ0v) is 13.9. The van der Waals surface area contributed by atoms with Crippen molar-refractivity contribution in [1.29, 1.82) is 0 Å². The van der Waals surface area contributed by atoms with Gasteiger partial charge in [0.05, 0.1) is 17.0 Å². The molecule has 0 bridgehead atoms. The number of ether oxygens (including phenoxy) is 1. The maximum Gasteiger partial charge on any atom is 0.348 e. The first-order valence-electron chi connectivity index (χ1n) is 5.92. The monoisotopic (exact) mass is 383 g/mol. The van der Waals surface area contributed by atoms with Crippen molar-refractivity contribution in [1.82, 2.24) is 4.31 Å². The summed E-state index contributed by atoms with van der Waals surface area (Å²) in [5, 5.41) is 9.44. The van der Waals surface area contributed by atoms with E-state index in [1.54, 1.807) is 0 Å². The zero-order chi connectivity index (χ0) is 14.9. The third-order valence-electron chi connectivity index (χ3n) is 3.08. The lowest BCUT2D eigenvalue weighted by molar-refractivity contribution is 0.0606. The van der Waals surface area contributed by atoms with E-state index in [-0.39, 0.29) is 22.9 Å². The highest BCUT2D eigenvalue weighted by Gasteiger charge is 2.32. The summed E-state index contributed by atoms with van der Waals surface area (Å²) in [6, 6.07) is 1.32. The summed E-state index contributed by atoms with van der Waals surface area (Å²) < 4.78 is 31.3. The second kappa shape index (κ2) is 6.10. The molecular formula is C11H14BrNO5S2. The van der Waals surface area contributed by atoms with Crippen LogP contribution in [0.5, 0.6) is 0 Å². The molecule has 0 aromatic carbocycles. The van der Waals surface area contributed by atoms with E-state index in [1.807, 2.05) is 0 Å².